The molecule has 8 nitrogen and oxygen atoms in total. The summed E-state index contributed by atoms with van der Waals surface area (Å²) in [5, 5.41) is 10.9. The van der Waals surface area contributed by atoms with E-state index in [9.17, 15) is 19.7 Å². The van der Waals surface area contributed by atoms with E-state index < -0.39 is 16.1 Å². The van der Waals surface area contributed by atoms with Crippen LogP contribution < -0.4 is 9.64 Å². The molecule has 1 fully saturated rings. The van der Waals surface area contributed by atoms with Crippen LogP contribution in [-0.2, 0) is 4.79 Å². The summed E-state index contributed by atoms with van der Waals surface area (Å²) in [6, 6.07) is 13.9. The van der Waals surface area contributed by atoms with Crippen LogP contribution in [0.15, 0.2) is 63.9 Å². The molecule has 156 valence electrons. The van der Waals surface area contributed by atoms with Gasteiger partial charge in [-0.1, -0.05) is 17.7 Å². The number of ether oxygens (including phenoxy) is 1. The van der Waals surface area contributed by atoms with Crippen LogP contribution in [0.25, 0.3) is 17.4 Å². The highest BCUT2D eigenvalue weighted by molar-refractivity contribution is 8.19. The molecule has 0 atom stereocenters. The largest absolute Gasteiger partial charge is 0.496 e. The number of non-ortho nitro benzene ring substituents is 1. The summed E-state index contributed by atoms with van der Waals surface area (Å²) in [5.41, 5.74) is 0.788. The van der Waals surface area contributed by atoms with Crippen molar-refractivity contribution < 1.29 is 23.7 Å². The molecule has 31 heavy (non-hydrogen) atoms. The summed E-state index contributed by atoms with van der Waals surface area (Å²) in [7, 11) is 1.40. The van der Waals surface area contributed by atoms with E-state index in [2.05, 4.69) is 0 Å². The minimum absolute atomic E-state index is 0.109. The second-order valence-electron chi connectivity index (χ2n) is 6.34. The second kappa shape index (κ2) is 8.29. The lowest BCUT2D eigenvalue weighted by Crippen LogP contribution is -2.27. The van der Waals surface area contributed by atoms with E-state index in [1.54, 1.807) is 30.3 Å². The number of carbonyl (C=O) groups excluding carboxylic acids is 2. The van der Waals surface area contributed by atoms with Gasteiger partial charge < -0.3 is 9.15 Å². The van der Waals surface area contributed by atoms with Gasteiger partial charge in [0.05, 0.1) is 34.3 Å². The highest BCUT2D eigenvalue weighted by Gasteiger charge is 2.36. The van der Waals surface area contributed by atoms with Crippen molar-refractivity contribution in [3.05, 3.63) is 80.4 Å². The summed E-state index contributed by atoms with van der Waals surface area (Å²) >= 11 is 6.76. The van der Waals surface area contributed by atoms with Gasteiger partial charge in [-0.2, -0.15) is 0 Å². The summed E-state index contributed by atoms with van der Waals surface area (Å²) in [6.45, 7) is 0. The van der Waals surface area contributed by atoms with E-state index in [0.29, 0.717) is 27.8 Å². The highest BCUT2D eigenvalue weighted by Crippen LogP contribution is 2.38. The lowest BCUT2D eigenvalue weighted by Gasteiger charge is -2.12. The fourth-order valence-corrected chi connectivity index (χ4v) is 4.01. The normalized spacial score (nSPS) is 15.0. The molecule has 0 radical (unpaired) electrons. The maximum Gasteiger partial charge on any atom is 0.298 e. The van der Waals surface area contributed by atoms with Crippen LogP contribution in [0.2, 0.25) is 5.02 Å². The molecule has 0 unspecified atom stereocenters. The van der Waals surface area contributed by atoms with Crippen molar-refractivity contribution in [2.24, 2.45) is 0 Å². The van der Waals surface area contributed by atoms with Crippen molar-refractivity contribution in [1.29, 1.82) is 0 Å². The van der Waals surface area contributed by atoms with Gasteiger partial charge in [0.2, 0.25) is 0 Å². The van der Waals surface area contributed by atoms with Gasteiger partial charge in [-0.3, -0.25) is 19.7 Å². The van der Waals surface area contributed by atoms with Crippen LogP contribution in [0, 0.1) is 10.1 Å². The first-order valence-corrected chi connectivity index (χ1v) is 10.0. The smallest absolute Gasteiger partial charge is 0.298 e. The zero-order chi connectivity index (χ0) is 22.1. The molecule has 0 spiro atoms. The van der Waals surface area contributed by atoms with E-state index in [1.165, 1.54) is 37.5 Å². The van der Waals surface area contributed by atoms with Gasteiger partial charge in [-0.25, -0.2) is 4.90 Å². The highest BCUT2D eigenvalue weighted by atomic mass is 35.5. The molecule has 2 aromatic carbocycles. The Morgan fingerprint density at radius 3 is 2.68 bits per heavy atom. The number of methoxy groups -OCH3 is 1. The zero-order valence-corrected chi connectivity index (χ0v) is 17.5. The maximum absolute atomic E-state index is 12.8. The Balaban J connectivity index is 1.63. The van der Waals surface area contributed by atoms with Crippen LogP contribution in [0.3, 0.4) is 0 Å². The van der Waals surface area contributed by atoms with E-state index in [4.69, 9.17) is 20.8 Å². The van der Waals surface area contributed by atoms with Crippen molar-refractivity contribution >= 4 is 52.0 Å². The van der Waals surface area contributed by atoms with Crippen molar-refractivity contribution in [3.63, 3.8) is 0 Å². The quantitative estimate of drug-likeness (QED) is 0.273. The molecule has 1 aromatic heterocycles. The van der Waals surface area contributed by atoms with Crippen LogP contribution >= 0.6 is 23.4 Å². The molecule has 0 saturated carbocycles. The Hall–Kier alpha value is -3.56. The van der Waals surface area contributed by atoms with Gasteiger partial charge in [0.15, 0.2) is 0 Å². The van der Waals surface area contributed by atoms with Crippen molar-refractivity contribution in [2.45, 2.75) is 0 Å². The lowest BCUT2D eigenvalue weighted by atomic mass is 10.1. The molecule has 1 saturated heterocycles. The third-order valence-corrected chi connectivity index (χ3v) is 5.53. The van der Waals surface area contributed by atoms with Gasteiger partial charge in [0, 0.05) is 17.2 Å². The molecular formula is C21H13ClN2O6S. The molecule has 4 rings (SSSR count). The number of imide groups is 1. The van der Waals surface area contributed by atoms with Crippen LogP contribution in [0.5, 0.6) is 5.75 Å². The molecular weight excluding hydrogens is 444 g/mol. The second-order valence-corrected chi connectivity index (χ2v) is 7.77. The van der Waals surface area contributed by atoms with E-state index in [0.717, 1.165) is 16.7 Å². The average Bonchev–Trinajstić information content (AvgIpc) is 3.31. The Bertz CT molecular complexity index is 1250. The topological polar surface area (TPSA) is 103 Å². The molecule has 0 bridgehead atoms. The van der Waals surface area contributed by atoms with E-state index >= 15 is 0 Å². The number of nitro benzene ring substituents is 1. The zero-order valence-electron chi connectivity index (χ0n) is 15.9. The van der Waals surface area contributed by atoms with Gasteiger partial charge in [0.25, 0.3) is 16.8 Å². The third-order valence-electron chi connectivity index (χ3n) is 4.42. The Kier molecular flexibility index (Phi) is 5.53. The number of thioether (sulfide) groups is 1. The third kappa shape index (κ3) is 4.05. The van der Waals surface area contributed by atoms with Gasteiger partial charge in [-0.15, -0.1) is 0 Å². The first kappa shape index (κ1) is 20.7. The summed E-state index contributed by atoms with van der Waals surface area (Å²) in [6.07, 6.45) is 1.47. The fourth-order valence-electron chi connectivity index (χ4n) is 3.01. The number of rotatable bonds is 5. The molecule has 1 aliphatic rings. The predicted octanol–water partition coefficient (Wildman–Crippen LogP) is 5.76. The van der Waals surface area contributed by atoms with Gasteiger partial charge >= 0.3 is 0 Å². The first-order valence-electron chi connectivity index (χ1n) is 8.83. The number of carbonyl (C=O) groups is 2. The number of hydrogen-bond acceptors (Lipinski definition) is 7. The fraction of sp³-hybridized carbons (Fsp3) is 0.0476. The molecule has 3 aromatic rings. The summed E-state index contributed by atoms with van der Waals surface area (Å²) < 4.78 is 11.0. The standard InChI is InChI=1S/C21H13ClN2O6S/c1-29-18-10-14(24(27)28)5-7-16(18)17-8-6-15(30-17)11-19-20(25)23(21(26)31-19)13-4-2-3-12(22)9-13/h2-11H,1H3/b19-11+. The SMILES string of the molecule is COc1cc([N+](=O)[O-])ccc1-c1ccc(/C=C2/SC(=O)N(c3cccc(Cl)c3)C2=O)o1. The van der Waals surface area contributed by atoms with E-state index in [-0.39, 0.29) is 16.3 Å². The minimum atomic E-state index is -0.518. The van der Waals surface area contributed by atoms with Crippen LogP contribution in [-0.4, -0.2) is 23.2 Å². The summed E-state index contributed by atoms with van der Waals surface area (Å²) in [5.74, 6) is 0.526. The number of benzene rings is 2. The van der Waals surface area contributed by atoms with Gasteiger partial charge in [-0.05, 0) is 48.2 Å². The first-order chi connectivity index (χ1) is 14.9. The molecule has 0 aliphatic carbocycles. The number of nitro groups is 1. The number of amides is 2. The van der Waals surface area contributed by atoms with Crippen molar-refractivity contribution in [3.8, 4) is 17.1 Å². The number of anilines is 1. The number of halogens is 1. The Labute approximate surface area is 185 Å². The Morgan fingerprint density at radius 1 is 1.16 bits per heavy atom. The minimum Gasteiger partial charge on any atom is -0.496 e. The predicted molar refractivity (Wildman–Crippen MR) is 117 cm³/mol. The number of nitrogens with zero attached hydrogens (tertiary/aromatic N) is 2. The maximum atomic E-state index is 12.8. The number of furan rings is 1. The average molecular weight is 457 g/mol. The van der Waals surface area contributed by atoms with Crippen LogP contribution in [0.4, 0.5) is 16.2 Å². The van der Waals surface area contributed by atoms with Crippen molar-refractivity contribution in [1.82, 2.24) is 0 Å². The van der Waals surface area contributed by atoms with Crippen LogP contribution in [0.1, 0.15) is 5.76 Å². The molecule has 1 aliphatic heterocycles. The van der Waals surface area contributed by atoms with Crippen molar-refractivity contribution in [2.75, 3.05) is 12.0 Å². The van der Waals surface area contributed by atoms with Gasteiger partial charge in [0.1, 0.15) is 17.3 Å². The monoisotopic (exact) mass is 456 g/mol. The Morgan fingerprint density at radius 2 is 1.97 bits per heavy atom. The lowest BCUT2D eigenvalue weighted by molar-refractivity contribution is -0.384. The summed E-state index contributed by atoms with van der Waals surface area (Å²) in [4.78, 5) is 36.8. The molecule has 0 N–H and O–H groups in total. The van der Waals surface area contributed by atoms with E-state index in [1.807, 2.05) is 0 Å². The molecule has 10 heteroatoms. The molecule has 2 amide bonds. The molecule has 2 heterocycles. The number of hydrogen-bond donors (Lipinski definition) is 0.